The molecule has 0 atom stereocenters. The molecule has 6 heteroatoms. The Hall–Kier alpha value is -1.95. The molecule has 0 amide bonds. The van der Waals surface area contributed by atoms with Crippen LogP contribution in [0.2, 0.25) is 0 Å². The number of nitrogens with one attached hydrogen (secondary N) is 2. The van der Waals surface area contributed by atoms with Crippen LogP contribution in [-0.2, 0) is 11.2 Å². The van der Waals surface area contributed by atoms with Gasteiger partial charge in [0.05, 0.1) is 0 Å². The maximum Gasteiger partial charge on any atom is 0.248 e. The lowest BCUT2D eigenvalue weighted by Crippen LogP contribution is -2.15. The van der Waals surface area contributed by atoms with Crippen molar-refractivity contribution in [1.29, 1.82) is 0 Å². The summed E-state index contributed by atoms with van der Waals surface area (Å²) in [4.78, 5) is 18.8. The van der Waals surface area contributed by atoms with Gasteiger partial charge in [-0.2, -0.15) is 5.10 Å². The van der Waals surface area contributed by atoms with E-state index in [4.69, 9.17) is 4.74 Å². The molecule has 0 saturated carbocycles. The molecule has 0 aromatic carbocycles. The van der Waals surface area contributed by atoms with Gasteiger partial charge in [0, 0.05) is 36.5 Å². The summed E-state index contributed by atoms with van der Waals surface area (Å²) in [6.45, 7) is 3.56. The molecule has 3 heterocycles. The number of H-pyrrole nitrogens is 2. The highest BCUT2D eigenvalue weighted by Crippen LogP contribution is 2.26. The Morgan fingerprint density at radius 1 is 1.35 bits per heavy atom. The van der Waals surface area contributed by atoms with Crippen LogP contribution in [0.15, 0.2) is 16.9 Å². The summed E-state index contributed by atoms with van der Waals surface area (Å²) in [7, 11) is 0. The molecule has 0 aliphatic carbocycles. The van der Waals surface area contributed by atoms with Gasteiger partial charge in [-0.25, -0.2) is 4.98 Å². The Labute approximate surface area is 116 Å². The molecule has 2 aromatic heterocycles. The van der Waals surface area contributed by atoms with Crippen LogP contribution >= 0.6 is 0 Å². The van der Waals surface area contributed by atoms with Crippen LogP contribution in [0.5, 0.6) is 0 Å². The van der Waals surface area contributed by atoms with Gasteiger partial charge in [-0.15, -0.1) is 0 Å². The summed E-state index contributed by atoms with van der Waals surface area (Å²) in [5, 5.41) is 7.33. The number of nitrogens with zero attached hydrogens (tertiary/aromatic N) is 2. The van der Waals surface area contributed by atoms with Crippen molar-refractivity contribution in [2.45, 2.75) is 32.1 Å². The van der Waals surface area contributed by atoms with Crippen LogP contribution < -0.4 is 5.56 Å². The van der Waals surface area contributed by atoms with E-state index in [0.29, 0.717) is 11.7 Å². The van der Waals surface area contributed by atoms with Crippen molar-refractivity contribution in [3.8, 4) is 11.4 Å². The van der Waals surface area contributed by atoms with Crippen molar-refractivity contribution < 1.29 is 4.74 Å². The third kappa shape index (κ3) is 2.51. The number of ether oxygens (including phenoxy) is 1. The Balaban J connectivity index is 1.91. The van der Waals surface area contributed by atoms with Crippen LogP contribution in [-0.4, -0.2) is 33.4 Å². The number of rotatable bonds is 3. The van der Waals surface area contributed by atoms with Crippen molar-refractivity contribution in [2.75, 3.05) is 13.2 Å². The molecule has 0 spiro atoms. The van der Waals surface area contributed by atoms with Crippen LogP contribution in [0, 0.1) is 0 Å². The van der Waals surface area contributed by atoms with Gasteiger partial charge in [0.2, 0.25) is 5.56 Å². The zero-order valence-corrected chi connectivity index (χ0v) is 11.5. The molecular formula is C14H18N4O2. The summed E-state index contributed by atoms with van der Waals surface area (Å²) in [5.41, 5.74) is 1.67. The van der Waals surface area contributed by atoms with Gasteiger partial charge in [0.1, 0.15) is 5.82 Å². The van der Waals surface area contributed by atoms with E-state index in [-0.39, 0.29) is 5.56 Å². The Bertz CT molecular complexity index is 641. The van der Waals surface area contributed by atoms with Crippen molar-refractivity contribution in [3.05, 3.63) is 34.0 Å². The maximum absolute atomic E-state index is 11.4. The predicted molar refractivity (Wildman–Crippen MR) is 74.6 cm³/mol. The van der Waals surface area contributed by atoms with E-state index in [0.717, 1.165) is 49.6 Å². The Kier molecular flexibility index (Phi) is 3.64. The molecule has 0 radical (unpaired) electrons. The average Bonchev–Trinajstić information content (AvgIpc) is 2.97. The predicted octanol–water partition coefficient (Wildman–Crippen LogP) is 1.62. The van der Waals surface area contributed by atoms with Gasteiger partial charge < -0.3 is 9.72 Å². The van der Waals surface area contributed by atoms with E-state index in [1.807, 2.05) is 6.92 Å². The van der Waals surface area contributed by atoms with Gasteiger partial charge >= 0.3 is 0 Å². The number of hydrogen-bond acceptors (Lipinski definition) is 4. The zero-order valence-electron chi connectivity index (χ0n) is 11.5. The molecule has 1 saturated heterocycles. The van der Waals surface area contributed by atoms with E-state index in [2.05, 4.69) is 20.2 Å². The van der Waals surface area contributed by atoms with E-state index >= 15 is 0 Å². The normalized spacial score (nSPS) is 16.4. The first kappa shape index (κ1) is 13.1. The van der Waals surface area contributed by atoms with E-state index in [9.17, 15) is 4.79 Å². The molecule has 1 aliphatic heterocycles. The second-order valence-electron chi connectivity index (χ2n) is 5.00. The van der Waals surface area contributed by atoms with Gasteiger partial charge in [0.25, 0.3) is 0 Å². The quantitative estimate of drug-likeness (QED) is 0.890. The first-order valence-electron chi connectivity index (χ1n) is 7.00. The first-order valence-corrected chi connectivity index (χ1v) is 7.00. The Morgan fingerprint density at radius 3 is 2.90 bits per heavy atom. The Morgan fingerprint density at radius 2 is 2.15 bits per heavy atom. The van der Waals surface area contributed by atoms with Crippen molar-refractivity contribution in [1.82, 2.24) is 20.2 Å². The number of aromatic nitrogens is 4. The number of aryl methyl sites for hydroxylation is 1. The van der Waals surface area contributed by atoms with E-state index in [1.54, 1.807) is 6.07 Å². The maximum atomic E-state index is 11.4. The molecule has 20 heavy (non-hydrogen) atoms. The monoisotopic (exact) mass is 274 g/mol. The lowest BCUT2D eigenvalue weighted by Gasteiger charge is -2.19. The topological polar surface area (TPSA) is 83.7 Å². The molecule has 2 aromatic rings. The SMILES string of the molecule is CCc1[nH]c(=O)ccc1-c1n[nH]c(C2CCOCC2)n1. The number of aromatic amines is 2. The minimum Gasteiger partial charge on any atom is -0.381 e. The van der Waals surface area contributed by atoms with Crippen molar-refractivity contribution in [2.24, 2.45) is 0 Å². The molecule has 3 rings (SSSR count). The van der Waals surface area contributed by atoms with E-state index in [1.165, 1.54) is 6.07 Å². The summed E-state index contributed by atoms with van der Waals surface area (Å²) in [6, 6.07) is 3.30. The fraction of sp³-hybridized carbons (Fsp3) is 0.500. The average molecular weight is 274 g/mol. The third-order valence-electron chi connectivity index (χ3n) is 3.71. The molecule has 1 aliphatic rings. The van der Waals surface area contributed by atoms with Crippen LogP contribution in [0.3, 0.4) is 0 Å². The molecule has 1 fully saturated rings. The highest BCUT2D eigenvalue weighted by molar-refractivity contribution is 5.57. The molecular weight excluding hydrogens is 256 g/mol. The van der Waals surface area contributed by atoms with Crippen molar-refractivity contribution >= 4 is 0 Å². The first-order chi connectivity index (χ1) is 9.78. The zero-order chi connectivity index (χ0) is 13.9. The van der Waals surface area contributed by atoms with Gasteiger partial charge in [0.15, 0.2) is 5.82 Å². The van der Waals surface area contributed by atoms with Crippen LogP contribution in [0.1, 0.15) is 37.2 Å². The van der Waals surface area contributed by atoms with Gasteiger partial charge in [-0.3, -0.25) is 9.89 Å². The molecule has 0 unspecified atom stereocenters. The second kappa shape index (κ2) is 5.58. The number of pyridine rings is 1. The van der Waals surface area contributed by atoms with Gasteiger partial charge in [-0.05, 0) is 25.3 Å². The smallest absolute Gasteiger partial charge is 0.248 e. The minimum absolute atomic E-state index is 0.0919. The third-order valence-corrected chi connectivity index (χ3v) is 3.71. The highest BCUT2D eigenvalue weighted by Gasteiger charge is 2.20. The highest BCUT2D eigenvalue weighted by atomic mass is 16.5. The summed E-state index contributed by atoms with van der Waals surface area (Å²) in [5.74, 6) is 1.95. The molecule has 6 nitrogen and oxygen atoms in total. The second-order valence-corrected chi connectivity index (χ2v) is 5.00. The van der Waals surface area contributed by atoms with Crippen LogP contribution in [0.4, 0.5) is 0 Å². The lowest BCUT2D eigenvalue weighted by molar-refractivity contribution is 0.0836. The van der Waals surface area contributed by atoms with Crippen molar-refractivity contribution in [3.63, 3.8) is 0 Å². The molecule has 0 bridgehead atoms. The summed E-state index contributed by atoms with van der Waals surface area (Å²) < 4.78 is 5.36. The van der Waals surface area contributed by atoms with Crippen LogP contribution in [0.25, 0.3) is 11.4 Å². The summed E-state index contributed by atoms with van der Waals surface area (Å²) in [6.07, 6.45) is 2.69. The van der Waals surface area contributed by atoms with E-state index < -0.39 is 0 Å². The fourth-order valence-corrected chi connectivity index (χ4v) is 2.55. The number of hydrogen-bond donors (Lipinski definition) is 2. The minimum atomic E-state index is -0.0919. The fourth-order valence-electron chi connectivity index (χ4n) is 2.55. The van der Waals surface area contributed by atoms with Gasteiger partial charge in [-0.1, -0.05) is 6.92 Å². The standard InChI is InChI=1S/C14H18N4O2/c1-2-11-10(3-4-12(19)15-11)14-16-13(17-18-14)9-5-7-20-8-6-9/h3-4,9H,2,5-8H2,1H3,(H,15,19)(H,16,17,18). The molecule has 106 valence electrons. The summed E-state index contributed by atoms with van der Waals surface area (Å²) >= 11 is 0. The molecule has 2 N–H and O–H groups in total. The lowest BCUT2D eigenvalue weighted by atomic mass is 10.00. The largest absolute Gasteiger partial charge is 0.381 e.